The number of aryl methyl sites for hydroxylation is 1. The molecule has 0 aromatic carbocycles. The number of fused-ring (bicyclic) bond motifs is 1. The lowest BCUT2D eigenvalue weighted by molar-refractivity contribution is 0.360. The molecule has 0 saturated carbocycles. The Kier molecular flexibility index (Phi) is 3.45. The average molecular weight is 247 g/mol. The molecule has 0 radical (unpaired) electrons. The molecule has 0 aliphatic heterocycles. The first kappa shape index (κ1) is 11.7. The van der Waals surface area contributed by atoms with Crippen LogP contribution >= 0.6 is 11.3 Å². The van der Waals surface area contributed by atoms with Crippen LogP contribution in [0.25, 0.3) is 10.2 Å². The van der Waals surface area contributed by atoms with Gasteiger partial charge in [0.25, 0.3) is 0 Å². The third-order valence-corrected chi connectivity index (χ3v) is 3.45. The SMILES string of the molecule is C#CCOc1nc(NC)nc2sc(CC)cc12. The smallest absolute Gasteiger partial charge is 0.228 e. The highest BCUT2D eigenvalue weighted by molar-refractivity contribution is 7.18. The van der Waals surface area contributed by atoms with Gasteiger partial charge in [0.05, 0.1) is 5.39 Å². The predicted molar refractivity (Wildman–Crippen MR) is 70.7 cm³/mol. The minimum absolute atomic E-state index is 0.215. The molecule has 5 heteroatoms. The van der Waals surface area contributed by atoms with E-state index in [1.165, 1.54) is 4.88 Å². The van der Waals surface area contributed by atoms with Gasteiger partial charge in [-0.3, -0.25) is 0 Å². The highest BCUT2D eigenvalue weighted by atomic mass is 32.1. The van der Waals surface area contributed by atoms with Crippen molar-refractivity contribution in [3.05, 3.63) is 10.9 Å². The van der Waals surface area contributed by atoms with Gasteiger partial charge in [-0.15, -0.1) is 17.8 Å². The van der Waals surface area contributed by atoms with E-state index in [0.717, 1.165) is 16.6 Å². The molecule has 0 amide bonds. The number of rotatable bonds is 4. The Hall–Kier alpha value is -1.80. The van der Waals surface area contributed by atoms with E-state index >= 15 is 0 Å². The lowest BCUT2D eigenvalue weighted by atomic mass is 10.3. The summed E-state index contributed by atoms with van der Waals surface area (Å²) in [6.07, 6.45) is 6.17. The van der Waals surface area contributed by atoms with Crippen LogP contribution in [0.4, 0.5) is 5.95 Å². The maximum Gasteiger partial charge on any atom is 0.228 e. The van der Waals surface area contributed by atoms with Crippen molar-refractivity contribution in [2.24, 2.45) is 0 Å². The van der Waals surface area contributed by atoms with Gasteiger partial charge in [0, 0.05) is 11.9 Å². The maximum atomic E-state index is 5.45. The molecule has 0 unspecified atom stereocenters. The molecule has 4 nitrogen and oxygen atoms in total. The molecule has 17 heavy (non-hydrogen) atoms. The van der Waals surface area contributed by atoms with E-state index in [4.69, 9.17) is 11.2 Å². The van der Waals surface area contributed by atoms with E-state index in [9.17, 15) is 0 Å². The predicted octanol–water partition coefficient (Wildman–Crippen LogP) is 2.31. The number of thiophene rings is 1. The van der Waals surface area contributed by atoms with Crippen LogP contribution in [0.5, 0.6) is 5.88 Å². The fourth-order valence-electron chi connectivity index (χ4n) is 1.45. The lowest BCUT2D eigenvalue weighted by Crippen LogP contribution is -2.01. The van der Waals surface area contributed by atoms with Gasteiger partial charge in [-0.1, -0.05) is 12.8 Å². The van der Waals surface area contributed by atoms with Gasteiger partial charge >= 0.3 is 0 Å². The number of nitrogens with zero attached hydrogens (tertiary/aromatic N) is 2. The van der Waals surface area contributed by atoms with Crippen LogP contribution in [0, 0.1) is 12.3 Å². The third-order valence-electron chi connectivity index (χ3n) is 2.27. The van der Waals surface area contributed by atoms with E-state index in [0.29, 0.717) is 11.8 Å². The van der Waals surface area contributed by atoms with Crippen molar-refractivity contribution in [3.8, 4) is 18.2 Å². The van der Waals surface area contributed by atoms with Crippen molar-refractivity contribution >= 4 is 27.5 Å². The molecular formula is C12H13N3OS. The van der Waals surface area contributed by atoms with Crippen molar-refractivity contribution in [2.75, 3.05) is 19.0 Å². The summed E-state index contributed by atoms with van der Waals surface area (Å²) in [5, 5.41) is 3.85. The molecule has 2 aromatic heterocycles. The largest absolute Gasteiger partial charge is 0.464 e. The van der Waals surface area contributed by atoms with Crippen molar-refractivity contribution < 1.29 is 4.74 Å². The van der Waals surface area contributed by atoms with Gasteiger partial charge in [0.15, 0.2) is 6.61 Å². The zero-order valence-electron chi connectivity index (χ0n) is 9.78. The first-order valence-electron chi connectivity index (χ1n) is 5.33. The minimum atomic E-state index is 0.215. The fraction of sp³-hybridized carbons (Fsp3) is 0.333. The summed E-state index contributed by atoms with van der Waals surface area (Å²) in [5.41, 5.74) is 0. The molecule has 0 atom stereocenters. The Morgan fingerprint density at radius 2 is 2.35 bits per heavy atom. The van der Waals surface area contributed by atoms with E-state index in [1.54, 1.807) is 18.4 Å². The molecule has 0 aliphatic rings. The van der Waals surface area contributed by atoms with E-state index in [2.05, 4.69) is 34.2 Å². The summed E-state index contributed by atoms with van der Waals surface area (Å²) in [5.74, 6) is 3.54. The van der Waals surface area contributed by atoms with Crippen molar-refractivity contribution in [1.29, 1.82) is 0 Å². The molecular weight excluding hydrogens is 234 g/mol. The van der Waals surface area contributed by atoms with Crippen molar-refractivity contribution in [2.45, 2.75) is 13.3 Å². The van der Waals surface area contributed by atoms with Crippen LogP contribution in [-0.4, -0.2) is 23.6 Å². The molecule has 0 bridgehead atoms. The van der Waals surface area contributed by atoms with Gasteiger partial charge in [-0.2, -0.15) is 4.98 Å². The Bertz CT molecular complexity index is 571. The van der Waals surface area contributed by atoms with Crippen LogP contribution in [0.1, 0.15) is 11.8 Å². The standard InChI is InChI=1S/C12H13N3OS/c1-4-6-16-10-9-7-8(5-2)17-11(9)15-12(13-3)14-10/h1,7H,5-6H2,2-3H3,(H,13,14,15). The fourth-order valence-corrected chi connectivity index (χ4v) is 2.41. The molecule has 2 rings (SSSR count). The lowest BCUT2D eigenvalue weighted by Gasteiger charge is -2.04. The van der Waals surface area contributed by atoms with Gasteiger partial charge in [0.1, 0.15) is 4.83 Å². The second-order valence-corrected chi connectivity index (χ2v) is 4.50. The molecule has 2 aromatic rings. The molecule has 0 saturated heterocycles. The van der Waals surface area contributed by atoms with Crippen LogP contribution in [-0.2, 0) is 6.42 Å². The van der Waals surface area contributed by atoms with E-state index in [-0.39, 0.29) is 6.61 Å². The minimum Gasteiger partial charge on any atom is -0.464 e. The molecule has 0 spiro atoms. The Balaban J connectivity index is 2.53. The third kappa shape index (κ3) is 2.32. The molecule has 0 fully saturated rings. The Morgan fingerprint density at radius 1 is 1.53 bits per heavy atom. The highest BCUT2D eigenvalue weighted by Gasteiger charge is 2.11. The van der Waals surface area contributed by atoms with Gasteiger partial charge in [-0.05, 0) is 12.5 Å². The second kappa shape index (κ2) is 5.02. The van der Waals surface area contributed by atoms with E-state index < -0.39 is 0 Å². The van der Waals surface area contributed by atoms with Crippen LogP contribution in [0.3, 0.4) is 0 Å². The number of ether oxygens (including phenoxy) is 1. The average Bonchev–Trinajstić information content (AvgIpc) is 2.78. The van der Waals surface area contributed by atoms with Crippen molar-refractivity contribution in [3.63, 3.8) is 0 Å². The number of terminal acetylenes is 1. The molecule has 1 N–H and O–H groups in total. The molecule has 0 aliphatic carbocycles. The monoisotopic (exact) mass is 247 g/mol. The highest BCUT2D eigenvalue weighted by Crippen LogP contribution is 2.31. The van der Waals surface area contributed by atoms with E-state index in [1.807, 2.05) is 0 Å². The van der Waals surface area contributed by atoms with Crippen LogP contribution in [0.15, 0.2) is 6.07 Å². The topological polar surface area (TPSA) is 47.0 Å². The number of hydrogen-bond donors (Lipinski definition) is 1. The molecule has 2 heterocycles. The van der Waals surface area contributed by atoms with Crippen LogP contribution < -0.4 is 10.1 Å². The summed E-state index contributed by atoms with van der Waals surface area (Å²) in [6.45, 7) is 2.33. The molecule has 88 valence electrons. The summed E-state index contributed by atoms with van der Waals surface area (Å²) >= 11 is 1.65. The Morgan fingerprint density at radius 3 is 3.00 bits per heavy atom. The summed E-state index contributed by atoms with van der Waals surface area (Å²) in [7, 11) is 1.78. The zero-order valence-corrected chi connectivity index (χ0v) is 10.6. The summed E-state index contributed by atoms with van der Waals surface area (Å²) in [6, 6.07) is 2.06. The first-order chi connectivity index (χ1) is 8.28. The summed E-state index contributed by atoms with van der Waals surface area (Å²) < 4.78 is 5.45. The van der Waals surface area contributed by atoms with Crippen molar-refractivity contribution in [1.82, 2.24) is 9.97 Å². The quantitative estimate of drug-likeness (QED) is 0.842. The number of hydrogen-bond acceptors (Lipinski definition) is 5. The number of nitrogens with one attached hydrogen (secondary N) is 1. The van der Waals surface area contributed by atoms with Gasteiger partial charge < -0.3 is 10.1 Å². The van der Waals surface area contributed by atoms with Gasteiger partial charge in [-0.25, -0.2) is 4.98 Å². The Labute approximate surface area is 104 Å². The first-order valence-corrected chi connectivity index (χ1v) is 6.14. The van der Waals surface area contributed by atoms with Gasteiger partial charge in [0.2, 0.25) is 11.8 Å². The van der Waals surface area contributed by atoms with Crippen LogP contribution in [0.2, 0.25) is 0 Å². The second-order valence-electron chi connectivity index (χ2n) is 3.38. The number of aromatic nitrogens is 2. The number of anilines is 1. The zero-order chi connectivity index (χ0) is 12.3. The summed E-state index contributed by atoms with van der Waals surface area (Å²) in [4.78, 5) is 10.8. The normalized spacial score (nSPS) is 10.2. The maximum absolute atomic E-state index is 5.45.